The smallest absolute Gasteiger partial charge is 0.153 e. The summed E-state index contributed by atoms with van der Waals surface area (Å²) in [5, 5.41) is 1.43. The highest BCUT2D eigenvalue weighted by molar-refractivity contribution is 6.34. The Morgan fingerprint density at radius 2 is 2.11 bits per heavy atom. The molecule has 18 heavy (non-hydrogen) atoms. The van der Waals surface area contributed by atoms with Crippen LogP contribution >= 0.6 is 11.6 Å². The third-order valence-corrected chi connectivity index (χ3v) is 3.52. The Morgan fingerprint density at radius 3 is 2.72 bits per heavy atom. The van der Waals surface area contributed by atoms with Gasteiger partial charge in [-0.1, -0.05) is 17.7 Å². The number of benzene rings is 1. The van der Waals surface area contributed by atoms with Crippen molar-refractivity contribution in [2.75, 3.05) is 13.7 Å². The van der Waals surface area contributed by atoms with E-state index in [4.69, 9.17) is 16.3 Å². The van der Waals surface area contributed by atoms with Crippen LogP contribution in [0.1, 0.15) is 21.5 Å². The van der Waals surface area contributed by atoms with Gasteiger partial charge in [0.2, 0.25) is 0 Å². The van der Waals surface area contributed by atoms with Crippen molar-refractivity contribution < 1.29 is 9.53 Å². The lowest BCUT2D eigenvalue weighted by Crippen LogP contribution is -2.04. The molecule has 0 atom stereocenters. The van der Waals surface area contributed by atoms with Gasteiger partial charge in [0.05, 0.1) is 17.7 Å². The summed E-state index contributed by atoms with van der Waals surface area (Å²) in [6.07, 6.45) is 0.830. The number of hydrogen-bond acceptors (Lipinski definition) is 2. The number of hydrogen-bond donors (Lipinski definition) is 0. The van der Waals surface area contributed by atoms with Crippen LogP contribution in [-0.2, 0) is 11.3 Å². The van der Waals surface area contributed by atoms with Gasteiger partial charge in [-0.25, -0.2) is 0 Å². The quantitative estimate of drug-likeness (QED) is 0.794. The fourth-order valence-electron chi connectivity index (χ4n) is 2.37. The van der Waals surface area contributed by atoms with Crippen molar-refractivity contribution in [2.24, 2.45) is 0 Å². The zero-order chi connectivity index (χ0) is 13.3. The summed E-state index contributed by atoms with van der Waals surface area (Å²) in [7, 11) is 1.65. The second-order valence-corrected chi connectivity index (χ2v) is 4.80. The Bertz CT molecular complexity index is 602. The summed E-state index contributed by atoms with van der Waals surface area (Å²) < 4.78 is 7.02. The summed E-state index contributed by atoms with van der Waals surface area (Å²) in [4.78, 5) is 11.2. The minimum atomic E-state index is 0.491. The Morgan fingerprint density at radius 1 is 1.39 bits per heavy atom. The van der Waals surface area contributed by atoms with E-state index in [1.807, 2.05) is 18.4 Å². The molecular weight excluding hydrogens is 250 g/mol. The first-order valence-corrected chi connectivity index (χ1v) is 6.21. The average Bonchev–Trinajstić information content (AvgIpc) is 2.59. The Hall–Kier alpha value is -1.32. The molecule has 0 aliphatic heterocycles. The maximum absolute atomic E-state index is 11.2. The number of nitrogens with zero attached hydrogens (tertiary/aromatic N) is 1. The fraction of sp³-hybridized carbons (Fsp3) is 0.357. The lowest BCUT2D eigenvalue weighted by molar-refractivity contribution is 0.112. The molecule has 0 saturated carbocycles. The van der Waals surface area contributed by atoms with Crippen LogP contribution in [0.4, 0.5) is 0 Å². The molecule has 0 bridgehead atoms. The van der Waals surface area contributed by atoms with E-state index in [0.717, 1.165) is 28.3 Å². The van der Waals surface area contributed by atoms with Crippen molar-refractivity contribution in [1.29, 1.82) is 0 Å². The van der Waals surface area contributed by atoms with Crippen molar-refractivity contribution in [2.45, 2.75) is 20.4 Å². The van der Waals surface area contributed by atoms with E-state index in [2.05, 4.69) is 12.1 Å². The predicted octanol–water partition coefficient (Wildman–Crippen LogP) is 3.37. The van der Waals surface area contributed by atoms with Gasteiger partial charge in [0, 0.05) is 19.0 Å². The average molecular weight is 266 g/mol. The van der Waals surface area contributed by atoms with E-state index in [1.54, 1.807) is 7.11 Å². The third-order valence-electron chi connectivity index (χ3n) is 3.12. The van der Waals surface area contributed by atoms with Crippen LogP contribution in [0.3, 0.4) is 0 Å². The van der Waals surface area contributed by atoms with Crippen LogP contribution in [-0.4, -0.2) is 24.6 Å². The molecule has 4 heteroatoms. The molecule has 0 aliphatic carbocycles. The number of carbonyl (C=O) groups is 1. The molecule has 3 nitrogen and oxygen atoms in total. The summed E-state index contributed by atoms with van der Waals surface area (Å²) in [6.45, 7) is 5.24. The van der Waals surface area contributed by atoms with Crippen LogP contribution in [0.5, 0.6) is 0 Å². The van der Waals surface area contributed by atoms with E-state index in [-0.39, 0.29) is 0 Å². The second-order valence-electron chi connectivity index (χ2n) is 4.44. The normalized spacial score (nSPS) is 11.1. The molecule has 0 aliphatic rings. The van der Waals surface area contributed by atoms with Gasteiger partial charge in [-0.15, -0.1) is 0 Å². The minimum absolute atomic E-state index is 0.491. The van der Waals surface area contributed by atoms with Gasteiger partial charge >= 0.3 is 0 Å². The lowest BCUT2D eigenvalue weighted by Gasteiger charge is -2.07. The van der Waals surface area contributed by atoms with E-state index in [0.29, 0.717) is 23.9 Å². The molecule has 1 aromatic carbocycles. The topological polar surface area (TPSA) is 31.2 Å². The molecule has 2 rings (SSSR count). The van der Waals surface area contributed by atoms with E-state index in [9.17, 15) is 4.79 Å². The molecule has 2 aromatic rings. The van der Waals surface area contributed by atoms with Crippen LogP contribution in [0.2, 0.25) is 5.15 Å². The maximum Gasteiger partial charge on any atom is 0.153 e. The summed E-state index contributed by atoms with van der Waals surface area (Å²) in [5.41, 5.74) is 3.80. The number of rotatable bonds is 4. The molecule has 96 valence electrons. The van der Waals surface area contributed by atoms with Crippen LogP contribution < -0.4 is 0 Å². The fourth-order valence-corrected chi connectivity index (χ4v) is 2.69. The van der Waals surface area contributed by atoms with Gasteiger partial charge in [0.1, 0.15) is 5.15 Å². The monoisotopic (exact) mass is 265 g/mol. The van der Waals surface area contributed by atoms with Gasteiger partial charge in [0.25, 0.3) is 0 Å². The number of aldehydes is 1. The zero-order valence-corrected chi connectivity index (χ0v) is 11.5. The van der Waals surface area contributed by atoms with Crippen LogP contribution in [0, 0.1) is 13.8 Å². The molecule has 1 aromatic heterocycles. The second kappa shape index (κ2) is 5.12. The SMILES string of the molecule is COCCn1c(Cl)c(C=O)c2c(C)cc(C)cc21. The number of fused-ring (bicyclic) bond motifs is 1. The number of aromatic nitrogens is 1. The van der Waals surface area contributed by atoms with Crippen molar-refractivity contribution in [3.63, 3.8) is 0 Å². The number of ether oxygens (including phenoxy) is 1. The van der Waals surface area contributed by atoms with Crippen molar-refractivity contribution in [3.8, 4) is 0 Å². The highest BCUT2D eigenvalue weighted by Gasteiger charge is 2.16. The molecule has 0 fully saturated rings. The van der Waals surface area contributed by atoms with Gasteiger partial charge in [-0.05, 0) is 31.0 Å². The lowest BCUT2D eigenvalue weighted by atomic mass is 10.1. The molecule has 0 unspecified atom stereocenters. The molecule has 0 spiro atoms. The first-order chi connectivity index (χ1) is 8.60. The van der Waals surface area contributed by atoms with E-state index >= 15 is 0 Å². The molecular formula is C14H16ClNO2. The third kappa shape index (κ3) is 2.04. The summed E-state index contributed by atoms with van der Waals surface area (Å²) >= 11 is 6.29. The van der Waals surface area contributed by atoms with Crippen molar-refractivity contribution in [3.05, 3.63) is 34.0 Å². The zero-order valence-electron chi connectivity index (χ0n) is 10.8. The number of methoxy groups -OCH3 is 1. The Labute approximate surface area is 111 Å². The van der Waals surface area contributed by atoms with Crippen LogP contribution in [0.15, 0.2) is 12.1 Å². The standard InChI is InChI=1S/C14H16ClNO2/c1-9-6-10(2)13-11(8-17)14(15)16(4-5-18-3)12(13)7-9/h6-8H,4-5H2,1-3H3. The summed E-state index contributed by atoms with van der Waals surface area (Å²) in [6, 6.07) is 4.11. The largest absolute Gasteiger partial charge is 0.383 e. The highest BCUT2D eigenvalue weighted by Crippen LogP contribution is 2.32. The van der Waals surface area contributed by atoms with Gasteiger partial charge in [-0.2, -0.15) is 0 Å². The number of aryl methyl sites for hydroxylation is 2. The van der Waals surface area contributed by atoms with Crippen LogP contribution in [0.25, 0.3) is 10.9 Å². The first kappa shape index (κ1) is 13.1. The molecule has 1 heterocycles. The van der Waals surface area contributed by atoms with Gasteiger partial charge < -0.3 is 9.30 Å². The Balaban J connectivity index is 2.76. The maximum atomic E-state index is 11.2. The molecule has 0 N–H and O–H groups in total. The predicted molar refractivity (Wildman–Crippen MR) is 73.7 cm³/mol. The first-order valence-electron chi connectivity index (χ1n) is 5.83. The highest BCUT2D eigenvalue weighted by atomic mass is 35.5. The van der Waals surface area contributed by atoms with E-state index < -0.39 is 0 Å². The summed E-state index contributed by atoms with van der Waals surface area (Å²) in [5.74, 6) is 0. The van der Waals surface area contributed by atoms with Crippen molar-refractivity contribution in [1.82, 2.24) is 4.57 Å². The van der Waals surface area contributed by atoms with Gasteiger partial charge in [-0.3, -0.25) is 4.79 Å². The molecule has 0 amide bonds. The minimum Gasteiger partial charge on any atom is -0.383 e. The van der Waals surface area contributed by atoms with Crippen molar-refractivity contribution >= 4 is 28.8 Å². The number of halogens is 1. The molecule has 0 radical (unpaired) electrons. The molecule has 0 saturated heterocycles. The van der Waals surface area contributed by atoms with E-state index in [1.165, 1.54) is 0 Å². The van der Waals surface area contributed by atoms with Gasteiger partial charge in [0.15, 0.2) is 6.29 Å². The Kier molecular flexibility index (Phi) is 3.73. The number of carbonyl (C=O) groups excluding carboxylic acids is 1.